The van der Waals surface area contributed by atoms with E-state index >= 15 is 0 Å². The van der Waals surface area contributed by atoms with Gasteiger partial charge >= 0.3 is 13.1 Å². The fraction of sp³-hybridized carbons (Fsp3) is 0.364. The van der Waals surface area contributed by atoms with Gasteiger partial charge in [-0.15, -0.1) is 0 Å². The normalized spacial score (nSPS) is 18.1. The van der Waals surface area contributed by atoms with Crippen molar-refractivity contribution in [1.82, 2.24) is 9.62 Å². The van der Waals surface area contributed by atoms with Gasteiger partial charge in [-0.3, -0.25) is 0 Å². The van der Waals surface area contributed by atoms with Crippen molar-refractivity contribution in [2.45, 2.75) is 26.4 Å². The molecule has 0 aromatic carbocycles. The van der Waals surface area contributed by atoms with E-state index in [2.05, 4.69) is 0 Å². The highest BCUT2D eigenvalue weighted by molar-refractivity contribution is 6.63. The molecule has 0 aromatic rings. The third-order valence-corrected chi connectivity index (χ3v) is 2.25. The first-order valence-corrected chi connectivity index (χ1v) is 5.29. The molecule has 0 atom stereocenters. The van der Waals surface area contributed by atoms with E-state index in [4.69, 9.17) is 4.74 Å². The van der Waals surface area contributed by atoms with Crippen molar-refractivity contribution in [2.75, 3.05) is 0 Å². The Morgan fingerprint density at radius 2 is 1.94 bits per heavy atom. The molecule has 5 heteroatoms. The Morgan fingerprint density at radius 3 is 2.62 bits per heavy atom. The van der Waals surface area contributed by atoms with Gasteiger partial charge in [0.2, 0.25) is 0 Å². The fourth-order valence-corrected chi connectivity index (χ4v) is 1.59. The molecule has 0 saturated heterocycles. The zero-order valence-corrected chi connectivity index (χ0v) is 9.75. The number of allylic oxidation sites excluding steroid dienone is 2. The van der Waals surface area contributed by atoms with Crippen molar-refractivity contribution in [2.24, 2.45) is 0 Å². The molecule has 16 heavy (non-hydrogen) atoms. The van der Waals surface area contributed by atoms with Gasteiger partial charge in [-0.2, -0.15) is 0 Å². The van der Waals surface area contributed by atoms with Crippen LogP contribution in [0.4, 0.5) is 4.79 Å². The third kappa shape index (κ3) is 2.13. The second-order valence-electron chi connectivity index (χ2n) is 4.77. The number of hydrogen-bond donors (Lipinski definition) is 0. The predicted octanol–water partition coefficient (Wildman–Crippen LogP) is 2.12. The Labute approximate surface area is 96.0 Å². The number of carbonyl (C=O) groups is 1. The number of rotatable bonds is 0. The van der Waals surface area contributed by atoms with E-state index in [0.717, 1.165) is 0 Å². The molecular formula is C11H15BN2O2. The predicted molar refractivity (Wildman–Crippen MR) is 63.1 cm³/mol. The molecule has 2 heterocycles. The lowest BCUT2D eigenvalue weighted by atomic mass is 9.72. The number of carbonyl (C=O) groups excluding carboxylic acids is 1. The Bertz CT molecular complexity index is 382. The Hall–Kier alpha value is -1.65. The molecule has 2 aliphatic heterocycles. The zero-order chi connectivity index (χ0) is 11.8. The van der Waals surface area contributed by atoms with Crippen molar-refractivity contribution in [3.05, 3.63) is 36.7 Å². The SMILES string of the molecule is CC(C)(C)OC(=O)N1C=CN2C=CC=CB21. The monoisotopic (exact) mass is 218 g/mol. The maximum atomic E-state index is 11.9. The summed E-state index contributed by atoms with van der Waals surface area (Å²) < 4.78 is 5.32. The summed E-state index contributed by atoms with van der Waals surface area (Å²) in [6, 6.07) is 0. The largest absolute Gasteiger partial charge is 0.444 e. The smallest absolute Gasteiger partial charge is 0.416 e. The molecule has 0 aromatic heterocycles. The lowest BCUT2D eigenvalue weighted by Gasteiger charge is -2.27. The molecular weight excluding hydrogens is 203 g/mol. The molecule has 0 radical (unpaired) electrons. The first kappa shape index (κ1) is 10.9. The van der Waals surface area contributed by atoms with E-state index in [9.17, 15) is 4.79 Å². The van der Waals surface area contributed by atoms with Gasteiger partial charge in [0, 0.05) is 12.4 Å². The Balaban J connectivity index is 2.07. The van der Waals surface area contributed by atoms with Crippen LogP contribution in [0.5, 0.6) is 0 Å². The van der Waals surface area contributed by atoms with Crippen LogP contribution >= 0.6 is 0 Å². The molecule has 4 nitrogen and oxygen atoms in total. The average Bonchev–Trinajstić information content (AvgIpc) is 2.58. The molecule has 0 unspecified atom stereocenters. The highest BCUT2D eigenvalue weighted by Crippen LogP contribution is 2.20. The van der Waals surface area contributed by atoms with Crippen LogP contribution in [-0.4, -0.2) is 28.3 Å². The van der Waals surface area contributed by atoms with Gasteiger partial charge < -0.3 is 14.4 Å². The number of amides is 1. The van der Waals surface area contributed by atoms with Gasteiger partial charge in [0.1, 0.15) is 5.60 Å². The van der Waals surface area contributed by atoms with Gasteiger partial charge in [-0.05, 0) is 33.0 Å². The second kappa shape index (κ2) is 3.74. The quantitative estimate of drug-likeness (QED) is 0.584. The van der Waals surface area contributed by atoms with Crippen LogP contribution in [0.2, 0.25) is 0 Å². The summed E-state index contributed by atoms with van der Waals surface area (Å²) in [5.74, 6) is 1.95. The summed E-state index contributed by atoms with van der Waals surface area (Å²) >= 11 is 0. The Morgan fingerprint density at radius 1 is 1.19 bits per heavy atom. The molecule has 0 spiro atoms. The highest BCUT2D eigenvalue weighted by atomic mass is 16.6. The number of fused-ring (bicyclic) bond motifs is 1. The van der Waals surface area contributed by atoms with Crippen molar-refractivity contribution in [3.8, 4) is 0 Å². The molecule has 84 valence electrons. The standard InChI is InChI=1S/C11H15BN2O2/c1-11(2,3)16-10(15)14-9-8-13-7-5-4-6-12(13)14/h4-9H,1-3H3. The van der Waals surface area contributed by atoms with Crippen molar-refractivity contribution < 1.29 is 9.53 Å². The van der Waals surface area contributed by atoms with Crippen LogP contribution in [-0.2, 0) is 4.74 Å². The average molecular weight is 218 g/mol. The van der Waals surface area contributed by atoms with Gasteiger partial charge in [0.05, 0.1) is 0 Å². The molecule has 1 amide bonds. The van der Waals surface area contributed by atoms with Gasteiger partial charge in [-0.1, -0.05) is 12.1 Å². The van der Waals surface area contributed by atoms with Crippen LogP contribution in [0.1, 0.15) is 20.8 Å². The zero-order valence-electron chi connectivity index (χ0n) is 9.75. The van der Waals surface area contributed by atoms with Crippen LogP contribution in [0.25, 0.3) is 0 Å². The molecule has 0 N–H and O–H groups in total. The summed E-state index contributed by atoms with van der Waals surface area (Å²) in [4.78, 5) is 15.4. The minimum atomic E-state index is -0.466. The van der Waals surface area contributed by atoms with Crippen LogP contribution in [0.15, 0.2) is 36.7 Å². The maximum Gasteiger partial charge on any atom is 0.416 e. The topological polar surface area (TPSA) is 32.8 Å². The lowest BCUT2D eigenvalue weighted by molar-refractivity contribution is 0.0436. The highest BCUT2D eigenvalue weighted by Gasteiger charge is 2.36. The van der Waals surface area contributed by atoms with Gasteiger partial charge in [0.25, 0.3) is 0 Å². The van der Waals surface area contributed by atoms with Crippen molar-refractivity contribution in [1.29, 1.82) is 0 Å². The van der Waals surface area contributed by atoms with E-state index < -0.39 is 5.60 Å². The van der Waals surface area contributed by atoms with Crippen LogP contribution in [0.3, 0.4) is 0 Å². The van der Waals surface area contributed by atoms with E-state index in [-0.39, 0.29) is 13.1 Å². The Kier molecular flexibility index (Phi) is 2.54. The lowest BCUT2D eigenvalue weighted by Crippen LogP contribution is -2.45. The molecule has 0 fully saturated rings. The van der Waals surface area contributed by atoms with Gasteiger partial charge in [0.15, 0.2) is 0 Å². The first-order valence-electron chi connectivity index (χ1n) is 5.29. The third-order valence-electron chi connectivity index (χ3n) is 2.25. The number of hydrogen-bond acceptors (Lipinski definition) is 3. The first-order chi connectivity index (χ1) is 7.47. The molecule has 0 bridgehead atoms. The summed E-state index contributed by atoms with van der Waals surface area (Å²) in [6.45, 7) is 5.50. The summed E-state index contributed by atoms with van der Waals surface area (Å²) in [6.07, 6.45) is 9.04. The molecule has 0 aliphatic carbocycles. The van der Waals surface area contributed by atoms with Crippen molar-refractivity contribution >= 4 is 13.1 Å². The van der Waals surface area contributed by atoms with Crippen molar-refractivity contribution in [3.63, 3.8) is 0 Å². The fourth-order valence-electron chi connectivity index (χ4n) is 1.59. The second-order valence-corrected chi connectivity index (χ2v) is 4.77. The summed E-state index contributed by atoms with van der Waals surface area (Å²) in [5, 5.41) is 0. The number of nitrogens with zero attached hydrogens (tertiary/aromatic N) is 2. The van der Waals surface area contributed by atoms with Gasteiger partial charge in [-0.25, -0.2) is 4.79 Å². The molecule has 0 saturated carbocycles. The van der Waals surface area contributed by atoms with Crippen LogP contribution < -0.4 is 0 Å². The summed E-state index contributed by atoms with van der Waals surface area (Å²) in [5.41, 5.74) is -0.466. The van der Waals surface area contributed by atoms with E-state index in [1.165, 1.54) is 0 Å². The molecule has 2 aliphatic rings. The minimum absolute atomic E-state index is 0.0835. The minimum Gasteiger partial charge on any atom is -0.444 e. The number of ether oxygens (including phenoxy) is 1. The molecule has 2 rings (SSSR count). The summed E-state index contributed by atoms with van der Waals surface area (Å²) in [7, 11) is 0. The van der Waals surface area contributed by atoms with E-state index in [1.807, 2.05) is 56.1 Å². The maximum absolute atomic E-state index is 11.9. The van der Waals surface area contributed by atoms with E-state index in [1.54, 1.807) is 11.0 Å². The van der Waals surface area contributed by atoms with Crippen LogP contribution in [0, 0.1) is 0 Å². The van der Waals surface area contributed by atoms with E-state index in [0.29, 0.717) is 0 Å².